The number of halogens is 3. The molecule has 4 unspecified atom stereocenters. The van der Waals surface area contributed by atoms with E-state index in [2.05, 4.69) is 11.4 Å². The minimum Gasteiger partial charge on any atom is -0.434 e. The molecule has 178 valence electrons. The van der Waals surface area contributed by atoms with E-state index in [1.807, 2.05) is 0 Å². The van der Waals surface area contributed by atoms with Crippen LogP contribution in [0.5, 0.6) is 0 Å². The molecule has 0 radical (unpaired) electrons. The van der Waals surface area contributed by atoms with Gasteiger partial charge in [-0.1, -0.05) is 0 Å². The molecule has 1 saturated carbocycles. The molecule has 2 aliphatic heterocycles. The third-order valence-electron chi connectivity index (χ3n) is 6.07. The first-order chi connectivity index (χ1) is 15.0. The number of nitrogens with zero attached hydrogens (tertiary/aromatic N) is 4. The summed E-state index contributed by atoms with van der Waals surface area (Å²) in [5.41, 5.74) is 0. The number of fused-ring (bicyclic) bond motifs is 1. The highest BCUT2D eigenvalue weighted by Crippen LogP contribution is 2.43. The predicted octanol–water partition coefficient (Wildman–Crippen LogP) is 0.846. The van der Waals surface area contributed by atoms with Crippen LogP contribution in [0.4, 0.5) is 18.0 Å². The van der Waals surface area contributed by atoms with Gasteiger partial charge in [0.05, 0.1) is 12.6 Å². The maximum Gasteiger partial charge on any atom is 0.491 e. The number of hydroxylamine groups is 2. The predicted molar refractivity (Wildman–Crippen MR) is 101 cm³/mol. The van der Waals surface area contributed by atoms with Crippen molar-refractivity contribution in [2.75, 3.05) is 33.7 Å². The summed E-state index contributed by atoms with van der Waals surface area (Å²) >= 11 is 0. The van der Waals surface area contributed by atoms with Crippen molar-refractivity contribution >= 4 is 18.0 Å². The number of esters is 1. The molecule has 0 aromatic carbocycles. The molecule has 5 atom stereocenters. The van der Waals surface area contributed by atoms with Gasteiger partial charge in [-0.05, 0) is 31.6 Å². The normalized spacial score (nSPS) is 29.7. The standard InChI is InChI=1S/C19H26F3N5O5/c1-25(2)32-18(30)27-10-11-6-12(7-14(11)16(27)31-17(29)19(20,21)22)24-9-15(28)26-5-3-4-13(26)8-23/h11-14,16,24H,3-7,9-10H2,1-2H3/t11?,12?,13-,14?,16?/m0/s1. The van der Waals surface area contributed by atoms with E-state index in [9.17, 15) is 27.6 Å². The van der Waals surface area contributed by atoms with E-state index in [0.717, 1.165) is 16.4 Å². The molecule has 1 aliphatic carbocycles. The minimum atomic E-state index is -5.19. The van der Waals surface area contributed by atoms with Gasteiger partial charge < -0.3 is 19.8 Å². The van der Waals surface area contributed by atoms with Gasteiger partial charge in [0.1, 0.15) is 6.04 Å². The number of hydrogen-bond donors (Lipinski definition) is 1. The van der Waals surface area contributed by atoms with Crippen LogP contribution in [0, 0.1) is 23.2 Å². The molecule has 3 aliphatic rings. The Labute approximate surface area is 183 Å². The summed E-state index contributed by atoms with van der Waals surface area (Å²) in [5, 5.41) is 13.3. The molecule has 0 aromatic rings. The van der Waals surface area contributed by atoms with E-state index >= 15 is 0 Å². The second kappa shape index (κ2) is 9.50. The van der Waals surface area contributed by atoms with Crippen molar-refractivity contribution in [3.05, 3.63) is 0 Å². The van der Waals surface area contributed by atoms with Crippen molar-refractivity contribution in [1.29, 1.82) is 5.26 Å². The number of nitriles is 1. The Hall–Kier alpha value is -2.59. The average molecular weight is 461 g/mol. The lowest BCUT2D eigenvalue weighted by atomic mass is 9.99. The zero-order valence-electron chi connectivity index (χ0n) is 17.8. The van der Waals surface area contributed by atoms with E-state index in [0.29, 0.717) is 25.8 Å². The molecular weight excluding hydrogens is 435 g/mol. The summed E-state index contributed by atoms with van der Waals surface area (Å²) in [7, 11) is 2.89. The summed E-state index contributed by atoms with van der Waals surface area (Å²) < 4.78 is 43.0. The Morgan fingerprint density at radius 1 is 1.22 bits per heavy atom. The fourth-order valence-corrected chi connectivity index (χ4v) is 4.72. The van der Waals surface area contributed by atoms with Gasteiger partial charge in [0.25, 0.3) is 0 Å². The van der Waals surface area contributed by atoms with Gasteiger partial charge in [-0.2, -0.15) is 18.4 Å². The lowest BCUT2D eigenvalue weighted by molar-refractivity contribution is -0.213. The number of hydrogen-bond acceptors (Lipinski definition) is 8. The zero-order chi connectivity index (χ0) is 23.6. The third-order valence-corrected chi connectivity index (χ3v) is 6.07. The van der Waals surface area contributed by atoms with Crippen molar-refractivity contribution < 1.29 is 37.1 Å². The van der Waals surface area contributed by atoms with Gasteiger partial charge >= 0.3 is 18.2 Å². The molecule has 10 nitrogen and oxygen atoms in total. The highest BCUT2D eigenvalue weighted by atomic mass is 19.4. The van der Waals surface area contributed by atoms with Crippen LogP contribution in [0.15, 0.2) is 0 Å². The molecule has 2 heterocycles. The fourth-order valence-electron chi connectivity index (χ4n) is 4.72. The molecule has 1 N–H and O–H groups in total. The first-order valence-corrected chi connectivity index (χ1v) is 10.4. The minimum absolute atomic E-state index is 0.00166. The number of nitrogens with one attached hydrogen (secondary N) is 1. The van der Waals surface area contributed by atoms with Crippen molar-refractivity contribution in [3.8, 4) is 6.07 Å². The molecule has 0 aromatic heterocycles. The number of carbonyl (C=O) groups is 3. The number of carbonyl (C=O) groups excluding carboxylic acids is 3. The molecule has 0 spiro atoms. The first-order valence-electron chi connectivity index (χ1n) is 10.4. The second-order valence-corrected chi connectivity index (χ2v) is 8.46. The third kappa shape index (κ3) is 5.24. The van der Waals surface area contributed by atoms with Gasteiger partial charge in [0.2, 0.25) is 5.91 Å². The second-order valence-electron chi connectivity index (χ2n) is 8.46. The van der Waals surface area contributed by atoms with Gasteiger partial charge in [-0.25, -0.2) is 9.59 Å². The number of amides is 2. The molecule has 3 fully saturated rings. The Morgan fingerprint density at radius 3 is 2.56 bits per heavy atom. The van der Waals surface area contributed by atoms with Crippen LogP contribution < -0.4 is 5.32 Å². The van der Waals surface area contributed by atoms with Crippen LogP contribution in [0.1, 0.15) is 25.7 Å². The quantitative estimate of drug-likeness (QED) is 0.473. The number of likely N-dealkylation sites (tertiary alicyclic amines) is 2. The van der Waals surface area contributed by atoms with E-state index < -0.39 is 36.4 Å². The number of alkyl halides is 3. The van der Waals surface area contributed by atoms with Crippen molar-refractivity contribution in [1.82, 2.24) is 20.2 Å². The van der Waals surface area contributed by atoms with Crippen LogP contribution in [0.25, 0.3) is 0 Å². The van der Waals surface area contributed by atoms with Crippen LogP contribution in [0.3, 0.4) is 0 Å². The van der Waals surface area contributed by atoms with Crippen LogP contribution in [0.2, 0.25) is 0 Å². The monoisotopic (exact) mass is 461 g/mol. The Balaban J connectivity index is 1.62. The summed E-state index contributed by atoms with van der Waals surface area (Å²) in [6.07, 6.45) is -5.28. The molecular formula is C19H26F3N5O5. The topological polar surface area (TPSA) is 115 Å². The fraction of sp³-hybridized carbons (Fsp3) is 0.789. The molecule has 32 heavy (non-hydrogen) atoms. The molecule has 0 bridgehead atoms. The molecule has 13 heteroatoms. The summed E-state index contributed by atoms with van der Waals surface area (Å²) in [4.78, 5) is 43.7. The van der Waals surface area contributed by atoms with Crippen molar-refractivity contribution in [3.63, 3.8) is 0 Å². The van der Waals surface area contributed by atoms with Crippen LogP contribution in [-0.4, -0.2) is 91.1 Å². The van der Waals surface area contributed by atoms with Gasteiger partial charge in [-0.15, -0.1) is 5.06 Å². The highest BCUT2D eigenvalue weighted by Gasteiger charge is 2.54. The maximum atomic E-state index is 12.8. The van der Waals surface area contributed by atoms with Crippen molar-refractivity contribution in [2.45, 2.75) is 50.2 Å². The van der Waals surface area contributed by atoms with E-state index in [1.54, 1.807) is 0 Å². The van der Waals surface area contributed by atoms with Crippen LogP contribution in [-0.2, 0) is 19.2 Å². The van der Waals surface area contributed by atoms with Gasteiger partial charge in [0, 0.05) is 39.1 Å². The number of ether oxygens (including phenoxy) is 1. The smallest absolute Gasteiger partial charge is 0.434 e. The number of rotatable bonds is 5. The van der Waals surface area contributed by atoms with E-state index in [1.165, 1.54) is 19.0 Å². The first kappa shape index (κ1) is 24.1. The van der Waals surface area contributed by atoms with Gasteiger partial charge in [0.15, 0.2) is 6.23 Å². The lowest BCUT2D eigenvalue weighted by Crippen LogP contribution is -2.46. The van der Waals surface area contributed by atoms with Crippen molar-refractivity contribution in [2.24, 2.45) is 11.8 Å². The highest BCUT2D eigenvalue weighted by molar-refractivity contribution is 5.79. The summed E-state index contributed by atoms with van der Waals surface area (Å²) in [6.45, 7) is 0.594. The molecule has 3 rings (SSSR count). The average Bonchev–Trinajstić information content (AvgIpc) is 3.40. The molecule has 2 saturated heterocycles. The maximum absolute atomic E-state index is 12.8. The SMILES string of the molecule is CN(C)OC(=O)N1CC2CC(NCC(=O)N3CCC[C@H]3C#N)CC2C1OC(=O)C(F)(F)F. The Bertz CT molecular complexity index is 786. The van der Waals surface area contributed by atoms with Crippen LogP contribution >= 0.6 is 0 Å². The summed E-state index contributed by atoms with van der Waals surface area (Å²) in [6, 6.07) is 1.47. The lowest BCUT2D eigenvalue weighted by Gasteiger charge is -2.28. The van der Waals surface area contributed by atoms with E-state index in [4.69, 9.17) is 14.8 Å². The Morgan fingerprint density at radius 2 is 1.94 bits per heavy atom. The Kier molecular flexibility index (Phi) is 7.14. The summed E-state index contributed by atoms with van der Waals surface area (Å²) in [5.74, 6) is -3.32. The van der Waals surface area contributed by atoms with E-state index in [-0.39, 0.29) is 31.0 Å². The van der Waals surface area contributed by atoms with Gasteiger partial charge in [-0.3, -0.25) is 9.69 Å². The molecule has 2 amide bonds. The largest absolute Gasteiger partial charge is 0.491 e. The zero-order valence-corrected chi connectivity index (χ0v) is 17.8.